The first-order valence-corrected chi connectivity index (χ1v) is 6.28. The summed E-state index contributed by atoms with van der Waals surface area (Å²) >= 11 is 5.05. The third-order valence-electron chi connectivity index (χ3n) is 1.63. The predicted octanol–water partition coefficient (Wildman–Crippen LogP) is 4.97. The topological polar surface area (TPSA) is 0 Å². The Morgan fingerprint density at radius 2 is 1.75 bits per heavy atom. The zero-order valence-electron chi connectivity index (χ0n) is 7.54. The predicted molar refractivity (Wildman–Crippen MR) is 64.7 cm³/mol. The number of hydrogen-bond acceptors (Lipinski definition) is 0. The first-order chi connectivity index (χ1) is 5.63. The van der Waals surface area contributed by atoms with Gasteiger partial charge in [-0.15, -0.1) is 0 Å². The van der Waals surface area contributed by atoms with E-state index in [9.17, 15) is 4.39 Å². The van der Waals surface area contributed by atoms with Gasteiger partial charge in [-0.1, -0.05) is 32.3 Å². The Balaban J connectivity index is 4.32. The molecule has 1 atom stereocenters. The normalized spacial score (nSPS) is 12.8. The number of hydrogen-bond donors (Lipinski definition) is 0. The van der Waals surface area contributed by atoms with Gasteiger partial charge in [0.1, 0.15) is 0 Å². The van der Waals surface area contributed by atoms with Crippen LogP contribution in [0.2, 0.25) is 0 Å². The summed E-state index contributed by atoms with van der Waals surface area (Å²) in [6.07, 6.45) is 4.25. The lowest BCUT2D eigenvalue weighted by atomic mass is 10.1. The summed E-state index contributed by atoms with van der Waals surface area (Å²) in [5.41, 5.74) is 1.27. The minimum absolute atomic E-state index is 0.844. The maximum Gasteiger partial charge on any atom is 0.185 e. The van der Waals surface area contributed by atoms with Gasteiger partial charge in [0, 0.05) is 3.58 Å². The zero-order valence-corrected chi connectivity index (χ0v) is 11.3. The van der Waals surface area contributed by atoms with Crippen LogP contribution in [0.4, 0.5) is 4.39 Å². The van der Waals surface area contributed by atoms with Crippen LogP contribution in [0.3, 0.4) is 0 Å². The molecule has 0 radical (unpaired) electrons. The quantitative estimate of drug-likeness (QED) is 0.486. The SMILES string of the molecule is CCCC(CCC)=C(I)C(F)Br. The molecule has 12 heavy (non-hydrogen) atoms. The maximum absolute atomic E-state index is 12.8. The highest BCUT2D eigenvalue weighted by Gasteiger charge is 2.10. The highest BCUT2D eigenvalue weighted by Crippen LogP contribution is 2.29. The van der Waals surface area contributed by atoms with Crippen molar-refractivity contribution in [3.8, 4) is 0 Å². The minimum atomic E-state index is -0.966. The zero-order chi connectivity index (χ0) is 9.56. The molecule has 0 saturated carbocycles. The van der Waals surface area contributed by atoms with Gasteiger partial charge in [-0.25, -0.2) is 4.39 Å². The van der Waals surface area contributed by atoms with E-state index in [1.807, 2.05) is 0 Å². The van der Waals surface area contributed by atoms with Gasteiger partial charge in [0.2, 0.25) is 0 Å². The summed E-state index contributed by atoms with van der Waals surface area (Å²) in [7, 11) is 0. The molecular formula is C9H15BrFI. The molecule has 3 heteroatoms. The molecule has 0 aromatic rings. The second-order valence-electron chi connectivity index (χ2n) is 2.75. The monoisotopic (exact) mass is 348 g/mol. The van der Waals surface area contributed by atoms with Crippen LogP contribution in [0, 0.1) is 0 Å². The summed E-state index contributed by atoms with van der Waals surface area (Å²) in [4.78, 5) is 0. The molecule has 0 aromatic heterocycles. The lowest BCUT2D eigenvalue weighted by Crippen LogP contribution is -1.94. The van der Waals surface area contributed by atoms with E-state index in [4.69, 9.17) is 0 Å². The third kappa shape index (κ3) is 4.80. The molecule has 0 rings (SSSR count). The summed E-state index contributed by atoms with van der Waals surface area (Å²) in [5, 5.41) is -0.966. The lowest BCUT2D eigenvalue weighted by molar-refractivity contribution is 0.521. The van der Waals surface area contributed by atoms with E-state index in [0.717, 1.165) is 29.3 Å². The summed E-state index contributed by atoms with van der Waals surface area (Å²) in [6, 6.07) is 0. The first kappa shape index (κ1) is 12.9. The van der Waals surface area contributed by atoms with Gasteiger partial charge in [0.15, 0.2) is 5.08 Å². The average Bonchev–Trinajstić information content (AvgIpc) is 2.03. The van der Waals surface area contributed by atoms with Crippen LogP contribution < -0.4 is 0 Å². The summed E-state index contributed by atoms with van der Waals surface area (Å²) in [5.74, 6) is 0. The van der Waals surface area contributed by atoms with Crippen molar-refractivity contribution in [1.82, 2.24) is 0 Å². The maximum atomic E-state index is 12.8. The Morgan fingerprint density at radius 3 is 2.00 bits per heavy atom. The second-order valence-corrected chi connectivity index (χ2v) is 4.72. The van der Waals surface area contributed by atoms with Gasteiger partial charge in [0.05, 0.1) is 0 Å². The Morgan fingerprint density at radius 1 is 1.33 bits per heavy atom. The van der Waals surface area contributed by atoms with Gasteiger partial charge in [-0.3, -0.25) is 0 Å². The molecule has 0 nitrogen and oxygen atoms in total. The molecule has 72 valence electrons. The Labute approximate surface area is 96.3 Å². The van der Waals surface area contributed by atoms with Crippen LogP contribution in [0.25, 0.3) is 0 Å². The van der Waals surface area contributed by atoms with Crippen molar-refractivity contribution in [1.29, 1.82) is 0 Å². The van der Waals surface area contributed by atoms with Crippen molar-refractivity contribution in [2.75, 3.05) is 0 Å². The fraction of sp³-hybridized carbons (Fsp3) is 0.778. The van der Waals surface area contributed by atoms with E-state index >= 15 is 0 Å². The van der Waals surface area contributed by atoms with Crippen LogP contribution >= 0.6 is 38.5 Å². The molecule has 0 aliphatic carbocycles. The standard InChI is InChI=1S/C9H15BrFI/c1-3-5-7(6-4-2)8(12)9(10)11/h9H,3-6H2,1-2H3. The molecular weight excluding hydrogens is 334 g/mol. The van der Waals surface area contributed by atoms with Crippen molar-refractivity contribution in [3.05, 3.63) is 9.15 Å². The van der Waals surface area contributed by atoms with E-state index in [2.05, 4.69) is 52.4 Å². The van der Waals surface area contributed by atoms with E-state index in [1.54, 1.807) is 0 Å². The highest BCUT2D eigenvalue weighted by atomic mass is 127. The van der Waals surface area contributed by atoms with Crippen molar-refractivity contribution in [2.45, 2.75) is 44.6 Å². The van der Waals surface area contributed by atoms with E-state index in [1.165, 1.54) is 5.57 Å². The number of allylic oxidation sites excluding steroid dienone is 2. The first-order valence-electron chi connectivity index (χ1n) is 4.29. The van der Waals surface area contributed by atoms with Crippen LogP contribution in [0.1, 0.15) is 39.5 Å². The van der Waals surface area contributed by atoms with E-state index in [-0.39, 0.29) is 0 Å². The highest BCUT2D eigenvalue weighted by molar-refractivity contribution is 14.1. The molecule has 0 fully saturated rings. The van der Waals surface area contributed by atoms with Crippen LogP contribution in [-0.2, 0) is 0 Å². The Bertz CT molecular complexity index is 147. The summed E-state index contributed by atoms with van der Waals surface area (Å²) < 4.78 is 13.7. The fourth-order valence-electron chi connectivity index (χ4n) is 1.12. The average molecular weight is 349 g/mol. The molecule has 0 bridgehead atoms. The smallest absolute Gasteiger partial charge is 0.185 e. The van der Waals surface area contributed by atoms with Crippen LogP contribution in [0.15, 0.2) is 9.15 Å². The van der Waals surface area contributed by atoms with E-state index in [0.29, 0.717) is 0 Å². The third-order valence-corrected chi connectivity index (χ3v) is 4.26. The fourth-order valence-corrected chi connectivity index (χ4v) is 1.98. The molecule has 0 heterocycles. The Hall–Kier alpha value is 0.880. The number of rotatable bonds is 5. The summed E-state index contributed by atoms with van der Waals surface area (Å²) in [6.45, 7) is 4.25. The molecule has 0 saturated heterocycles. The number of alkyl halides is 2. The molecule has 0 aliphatic rings. The van der Waals surface area contributed by atoms with Crippen molar-refractivity contribution >= 4 is 38.5 Å². The van der Waals surface area contributed by atoms with Gasteiger partial charge in [-0.05, 0) is 51.4 Å². The van der Waals surface area contributed by atoms with Crippen molar-refractivity contribution < 1.29 is 4.39 Å². The molecule has 0 aliphatic heterocycles. The molecule has 0 N–H and O–H groups in total. The molecule has 0 amide bonds. The van der Waals surface area contributed by atoms with Crippen molar-refractivity contribution in [2.24, 2.45) is 0 Å². The largest absolute Gasteiger partial charge is 0.229 e. The van der Waals surface area contributed by atoms with Crippen LogP contribution in [-0.4, -0.2) is 5.08 Å². The molecule has 0 spiro atoms. The van der Waals surface area contributed by atoms with Gasteiger partial charge >= 0.3 is 0 Å². The van der Waals surface area contributed by atoms with Crippen molar-refractivity contribution in [3.63, 3.8) is 0 Å². The van der Waals surface area contributed by atoms with Gasteiger partial charge < -0.3 is 0 Å². The van der Waals surface area contributed by atoms with Gasteiger partial charge in [0.25, 0.3) is 0 Å². The van der Waals surface area contributed by atoms with Crippen LogP contribution in [0.5, 0.6) is 0 Å². The Kier molecular flexibility index (Phi) is 7.83. The van der Waals surface area contributed by atoms with Gasteiger partial charge in [-0.2, -0.15) is 0 Å². The molecule has 1 unspecified atom stereocenters. The minimum Gasteiger partial charge on any atom is -0.229 e. The molecule has 0 aromatic carbocycles. The number of halogens is 3. The lowest BCUT2D eigenvalue weighted by Gasteiger charge is -2.08. The second kappa shape index (κ2) is 7.30. The van der Waals surface area contributed by atoms with E-state index < -0.39 is 5.08 Å².